The van der Waals surface area contributed by atoms with Gasteiger partial charge in [-0.15, -0.1) is 0 Å². The molecule has 0 fully saturated rings. The molecule has 2 aromatic heterocycles. The highest BCUT2D eigenvalue weighted by Crippen LogP contribution is 2.30. The molecule has 1 aromatic carbocycles. The quantitative estimate of drug-likeness (QED) is 0.627. The normalized spacial score (nSPS) is 16.0. The second-order valence-corrected chi connectivity index (χ2v) is 8.15. The van der Waals surface area contributed by atoms with E-state index in [1.54, 1.807) is 6.20 Å². The largest absolute Gasteiger partial charge is 0.366 e. The van der Waals surface area contributed by atoms with Gasteiger partial charge in [0, 0.05) is 18.3 Å². The van der Waals surface area contributed by atoms with E-state index in [2.05, 4.69) is 49.9 Å². The molecule has 28 heavy (non-hydrogen) atoms. The third-order valence-electron chi connectivity index (χ3n) is 5.32. The SMILES string of the molecule is O=C1Cc2cc(CNc3cc(C4=CCCCC4)nc4c(Br)cnn34)ccc2N1. The Morgan fingerprint density at radius 2 is 2.18 bits per heavy atom. The molecule has 1 amide bonds. The third kappa shape index (κ3) is 3.20. The highest BCUT2D eigenvalue weighted by Gasteiger charge is 2.18. The van der Waals surface area contributed by atoms with Crippen LogP contribution in [0, 0.1) is 0 Å². The second-order valence-electron chi connectivity index (χ2n) is 7.30. The first-order valence-corrected chi connectivity index (χ1v) is 10.4. The third-order valence-corrected chi connectivity index (χ3v) is 5.88. The van der Waals surface area contributed by atoms with Gasteiger partial charge in [-0.3, -0.25) is 4.79 Å². The first-order valence-electron chi connectivity index (χ1n) is 9.56. The number of nitrogens with one attached hydrogen (secondary N) is 2. The van der Waals surface area contributed by atoms with Gasteiger partial charge >= 0.3 is 0 Å². The number of amides is 1. The van der Waals surface area contributed by atoms with E-state index in [0.717, 1.165) is 51.3 Å². The van der Waals surface area contributed by atoms with Gasteiger partial charge in [-0.25, -0.2) is 4.98 Å². The predicted molar refractivity (Wildman–Crippen MR) is 113 cm³/mol. The zero-order chi connectivity index (χ0) is 19.1. The monoisotopic (exact) mass is 437 g/mol. The zero-order valence-corrected chi connectivity index (χ0v) is 16.9. The molecule has 3 aromatic rings. The summed E-state index contributed by atoms with van der Waals surface area (Å²) in [6.07, 6.45) is 9.19. The number of nitrogens with zero attached hydrogens (tertiary/aromatic N) is 3. The van der Waals surface area contributed by atoms with Crippen molar-refractivity contribution in [2.75, 3.05) is 10.6 Å². The van der Waals surface area contributed by atoms with E-state index < -0.39 is 0 Å². The Morgan fingerprint density at radius 3 is 3.04 bits per heavy atom. The van der Waals surface area contributed by atoms with Crippen LogP contribution in [0.3, 0.4) is 0 Å². The second kappa shape index (κ2) is 7.05. The van der Waals surface area contributed by atoms with E-state index in [4.69, 9.17) is 4.98 Å². The lowest BCUT2D eigenvalue weighted by Crippen LogP contribution is -2.08. The zero-order valence-electron chi connectivity index (χ0n) is 15.3. The number of hydrogen-bond donors (Lipinski definition) is 2. The lowest BCUT2D eigenvalue weighted by Gasteiger charge is -2.15. The van der Waals surface area contributed by atoms with Crippen LogP contribution in [-0.4, -0.2) is 20.5 Å². The van der Waals surface area contributed by atoms with Gasteiger partial charge in [0.05, 0.1) is 22.8 Å². The highest BCUT2D eigenvalue weighted by atomic mass is 79.9. The van der Waals surface area contributed by atoms with E-state index >= 15 is 0 Å². The fourth-order valence-electron chi connectivity index (χ4n) is 3.88. The van der Waals surface area contributed by atoms with Crippen molar-refractivity contribution in [2.45, 2.75) is 38.6 Å². The summed E-state index contributed by atoms with van der Waals surface area (Å²) < 4.78 is 2.71. The highest BCUT2D eigenvalue weighted by molar-refractivity contribution is 9.10. The van der Waals surface area contributed by atoms with Crippen molar-refractivity contribution in [1.29, 1.82) is 0 Å². The summed E-state index contributed by atoms with van der Waals surface area (Å²) in [6, 6.07) is 8.19. The van der Waals surface area contributed by atoms with Gasteiger partial charge in [0.25, 0.3) is 0 Å². The Kier molecular flexibility index (Phi) is 4.39. The summed E-state index contributed by atoms with van der Waals surface area (Å²) in [7, 11) is 0. The Morgan fingerprint density at radius 1 is 1.25 bits per heavy atom. The molecular formula is C21H20BrN5O. The van der Waals surface area contributed by atoms with Gasteiger partial charge in [-0.2, -0.15) is 9.61 Å². The fourth-order valence-corrected chi connectivity index (χ4v) is 4.23. The molecule has 0 unspecified atom stereocenters. The van der Waals surface area contributed by atoms with Crippen LogP contribution in [0.25, 0.3) is 11.2 Å². The molecule has 0 saturated carbocycles. The maximum absolute atomic E-state index is 11.6. The van der Waals surface area contributed by atoms with E-state index in [-0.39, 0.29) is 5.91 Å². The van der Waals surface area contributed by atoms with Gasteiger partial charge in [0.15, 0.2) is 5.65 Å². The van der Waals surface area contributed by atoms with Crippen LogP contribution in [0.5, 0.6) is 0 Å². The molecule has 0 bridgehead atoms. The van der Waals surface area contributed by atoms with Crippen molar-refractivity contribution in [3.8, 4) is 0 Å². The van der Waals surface area contributed by atoms with Crippen molar-refractivity contribution in [2.24, 2.45) is 0 Å². The number of carbonyl (C=O) groups excluding carboxylic acids is 1. The first kappa shape index (κ1) is 17.4. The number of allylic oxidation sites excluding steroid dienone is 2. The lowest BCUT2D eigenvalue weighted by molar-refractivity contribution is -0.115. The van der Waals surface area contributed by atoms with Crippen LogP contribution < -0.4 is 10.6 Å². The van der Waals surface area contributed by atoms with E-state index in [9.17, 15) is 4.79 Å². The van der Waals surface area contributed by atoms with Crippen LogP contribution >= 0.6 is 15.9 Å². The Bertz CT molecular complexity index is 1120. The number of rotatable bonds is 4. The average Bonchev–Trinajstić information content (AvgIpc) is 3.28. The fraction of sp³-hybridized carbons (Fsp3) is 0.286. The molecule has 6 nitrogen and oxygen atoms in total. The summed E-state index contributed by atoms with van der Waals surface area (Å²) in [5, 5.41) is 10.8. The molecule has 7 heteroatoms. The van der Waals surface area contributed by atoms with Crippen LogP contribution in [-0.2, 0) is 17.8 Å². The van der Waals surface area contributed by atoms with Crippen molar-refractivity contribution in [3.05, 3.63) is 57.8 Å². The number of anilines is 2. The Labute approximate surface area is 171 Å². The first-order chi connectivity index (χ1) is 13.7. The molecule has 2 N–H and O–H groups in total. The molecule has 2 aliphatic rings. The van der Waals surface area contributed by atoms with Crippen molar-refractivity contribution >= 4 is 44.6 Å². The molecule has 142 valence electrons. The smallest absolute Gasteiger partial charge is 0.228 e. The van der Waals surface area contributed by atoms with Gasteiger partial charge in [-0.1, -0.05) is 18.2 Å². The summed E-state index contributed by atoms with van der Waals surface area (Å²) in [4.78, 5) is 16.4. The number of benzene rings is 1. The van der Waals surface area contributed by atoms with E-state index in [1.807, 2.05) is 16.6 Å². The average molecular weight is 438 g/mol. The molecule has 0 radical (unpaired) electrons. The van der Waals surface area contributed by atoms with Crippen LogP contribution in [0.15, 0.2) is 41.0 Å². The molecule has 1 aliphatic heterocycles. The number of hydrogen-bond acceptors (Lipinski definition) is 4. The molecule has 0 saturated heterocycles. The summed E-state index contributed by atoms with van der Waals surface area (Å²) in [5.41, 5.74) is 6.24. The topological polar surface area (TPSA) is 71.3 Å². The predicted octanol–water partition coefficient (Wildman–Crippen LogP) is 4.56. The molecule has 1 aliphatic carbocycles. The molecule has 0 spiro atoms. The Hall–Kier alpha value is -2.67. The maximum atomic E-state index is 11.6. The number of fused-ring (bicyclic) bond motifs is 2. The van der Waals surface area contributed by atoms with Crippen LogP contribution in [0.2, 0.25) is 0 Å². The molecule has 3 heterocycles. The molecule has 5 rings (SSSR count). The lowest BCUT2D eigenvalue weighted by atomic mass is 9.97. The van der Waals surface area contributed by atoms with E-state index in [1.165, 1.54) is 18.4 Å². The van der Waals surface area contributed by atoms with Crippen molar-refractivity contribution < 1.29 is 4.79 Å². The maximum Gasteiger partial charge on any atom is 0.228 e. The standard InChI is InChI=1S/C21H20BrN5O/c22-16-12-24-27-19(10-18(26-21(16)27)14-4-2-1-3-5-14)23-11-13-6-7-17-15(8-13)9-20(28)25-17/h4,6-8,10,12,23H,1-3,5,9,11H2,(H,25,28). The summed E-state index contributed by atoms with van der Waals surface area (Å²) in [5.74, 6) is 0.967. The van der Waals surface area contributed by atoms with Crippen LogP contribution in [0.1, 0.15) is 42.5 Å². The van der Waals surface area contributed by atoms with Gasteiger partial charge in [0.1, 0.15) is 5.82 Å². The minimum absolute atomic E-state index is 0.0581. The van der Waals surface area contributed by atoms with Gasteiger partial charge in [0.2, 0.25) is 5.91 Å². The molecular weight excluding hydrogens is 418 g/mol. The molecule has 0 atom stereocenters. The van der Waals surface area contributed by atoms with Crippen LogP contribution in [0.4, 0.5) is 11.5 Å². The minimum Gasteiger partial charge on any atom is -0.366 e. The van der Waals surface area contributed by atoms with Gasteiger partial charge in [-0.05, 0) is 64.4 Å². The van der Waals surface area contributed by atoms with Crippen molar-refractivity contribution in [1.82, 2.24) is 14.6 Å². The number of halogens is 1. The summed E-state index contributed by atoms with van der Waals surface area (Å²) in [6.45, 7) is 0.649. The van der Waals surface area contributed by atoms with Gasteiger partial charge < -0.3 is 10.6 Å². The summed E-state index contributed by atoms with van der Waals surface area (Å²) >= 11 is 3.56. The number of aromatic nitrogens is 3. The Balaban J connectivity index is 1.46. The van der Waals surface area contributed by atoms with Crippen molar-refractivity contribution in [3.63, 3.8) is 0 Å². The van der Waals surface area contributed by atoms with E-state index in [0.29, 0.717) is 13.0 Å². The minimum atomic E-state index is 0.0581. The number of carbonyl (C=O) groups is 1.